The number of unbranched alkanes of at least 4 members (excludes halogenated alkanes) is 50. The Morgan fingerprint density at radius 1 is 0.270 bits per heavy atom. The number of phosphoric ester groups is 2. The first kappa shape index (κ1) is 98.1. The first-order valence-corrected chi connectivity index (χ1v) is 45.0. The van der Waals surface area contributed by atoms with Crippen molar-refractivity contribution < 1.29 is 80.2 Å². The monoisotopic (exact) mass is 1470 g/mol. The van der Waals surface area contributed by atoms with E-state index in [0.717, 1.165) is 102 Å². The highest BCUT2D eigenvalue weighted by Gasteiger charge is 2.30. The van der Waals surface area contributed by atoms with Gasteiger partial charge in [-0.3, -0.25) is 37.3 Å². The van der Waals surface area contributed by atoms with E-state index in [1.54, 1.807) is 0 Å². The van der Waals surface area contributed by atoms with Crippen molar-refractivity contribution in [1.29, 1.82) is 0 Å². The summed E-state index contributed by atoms with van der Waals surface area (Å²) in [6, 6.07) is 0. The van der Waals surface area contributed by atoms with Crippen molar-refractivity contribution in [3.05, 3.63) is 0 Å². The van der Waals surface area contributed by atoms with Crippen LogP contribution in [-0.2, 0) is 65.4 Å². The van der Waals surface area contributed by atoms with Crippen LogP contribution in [0.3, 0.4) is 0 Å². The van der Waals surface area contributed by atoms with Crippen molar-refractivity contribution >= 4 is 39.5 Å². The van der Waals surface area contributed by atoms with Gasteiger partial charge < -0.3 is 33.8 Å². The Bertz CT molecular complexity index is 1920. The van der Waals surface area contributed by atoms with Crippen LogP contribution in [0, 0.1) is 11.8 Å². The van der Waals surface area contributed by atoms with Gasteiger partial charge >= 0.3 is 39.5 Å². The summed E-state index contributed by atoms with van der Waals surface area (Å²) in [5.41, 5.74) is 0. The van der Waals surface area contributed by atoms with E-state index in [2.05, 4.69) is 41.5 Å². The molecule has 2 unspecified atom stereocenters. The predicted molar refractivity (Wildman–Crippen MR) is 409 cm³/mol. The first-order chi connectivity index (χ1) is 48.4. The van der Waals surface area contributed by atoms with Gasteiger partial charge in [0, 0.05) is 25.7 Å². The second kappa shape index (κ2) is 72.6. The van der Waals surface area contributed by atoms with Crippen LogP contribution in [0.2, 0.25) is 0 Å². The quantitative estimate of drug-likeness (QED) is 0.0222. The third-order valence-electron chi connectivity index (χ3n) is 19.0. The SMILES string of the molecule is CCCCCCCCCCCCCCCC(=O)O[C@H](COC(=O)CCCCCCCCCCCCCC)COP(=O)(O)OC[C@H](O)COP(=O)(O)OC[C@@H](COC(=O)CCCCCCCCCCCCCCCCC(C)C)OC(=O)CCCCCCCCCCCCCCCCCC(C)C. The maximum absolute atomic E-state index is 13.1. The molecule has 0 bridgehead atoms. The van der Waals surface area contributed by atoms with Crippen molar-refractivity contribution in [2.75, 3.05) is 39.6 Å². The molecule has 0 aromatic heterocycles. The van der Waals surface area contributed by atoms with Gasteiger partial charge in [0.25, 0.3) is 0 Å². The number of carbonyl (C=O) groups excluding carboxylic acids is 4. The average Bonchev–Trinajstić information content (AvgIpc) is 1.12. The Labute approximate surface area is 613 Å². The van der Waals surface area contributed by atoms with E-state index in [-0.39, 0.29) is 25.7 Å². The number of carbonyl (C=O) groups is 4. The number of aliphatic hydroxyl groups is 1. The van der Waals surface area contributed by atoms with Gasteiger partial charge in [0.15, 0.2) is 12.2 Å². The number of esters is 4. The topological polar surface area (TPSA) is 237 Å². The summed E-state index contributed by atoms with van der Waals surface area (Å²) in [5.74, 6) is -0.504. The lowest BCUT2D eigenvalue weighted by molar-refractivity contribution is -0.161. The zero-order chi connectivity index (χ0) is 73.5. The van der Waals surface area contributed by atoms with E-state index in [1.165, 1.54) is 244 Å². The highest BCUT2D eigenvalue weighted by molar-refractivity contribution is 7.47. The van der Waals surface area contributed by atoms with E-state index in [1.807, 2.05) is 0 Å². The van der Waals surface area contributed by atoms with Crippen molar-refractivity contribution in [3.63, 3.8) is 0 Å². The van der Waals surface area contributed by atoms with Crippen LogP contribution in [0.4, 0.5) is 0 Å². The van der Waals surface area contributed by atoms with Gasteiger partial charge in [-0.2, -0.15) is 0 Å². The Morgan fingerprint density at radius 3 is 0.680 bits per heavy atom. The third kappa shape index (κ3) is 74.3. The van der Waals surface area contributed by atoms with Gasteiger partial charge in [-0.15, -0.1) is 0 Å². The molecule has 100 heavy (non-hydrogen) atoms. The second-order valence-corrected chi connectivity index (χ2v) is 33.0. The lowest BCUT2D eigenvalue weighted by Crippen LogP contribution is -2.30. The molecule has 0 saturated carbocycles. The molecule has 0 aliphatic heterocycles. The van der Waals surface area contributed by atoms with E-state index in [0.29, 0.717) is 25.7 Å². The van der Waals surface area contributed by atoms with E-state index in [4.69, 9.17) is 37.0 Å². The minimum atomic E-state index is -4.96. The van der Waals surface area contributed by atoms with Gasteiger partial charge in [0.2, 0.25) is 0 Å². The van der Waals surface area contributed by atoms with Gasteiger partial charge in [-0.1, -0.05) is 375 Å². The molecule has 0 aromatic carbocycles. The van der Waals surface area contributed by atoms with Crippen molar-refractivity contribution in [2.24, 2.45) is 11.8 Å². The molecule has 0 spiro atoms. The minimum absolute atomic E-state index is 0.108. The molecule has 0 radical (unpaired) electrons. The molecule has 5 atom stereocenters. The number of hydrogen-bond donors (Lipinski definition) is 3. The average molecular weight is 1470 g/mol. The van der Waals surface area contributed by atoms with Crippen molar-refractivity contribution in [3.8, 4) is 0 Å². The Kier molecular flexibility index (Phi) is 71.2. The highest BCUT2D eigenvalue weighted by Crippen LogP contribution is 2.45. The molecule has 0 saturated heterocycles. The molecule has 0 fully saturated rings. The van der Waals surface area contributed by atoms with Crippen LogP contribution in [0.1, 0.15) is 427 Å². The van der Waals surface area contributed by atoms with Crippen LogP contribution in [-0.4, -0.2) is 96.7 Å². The molecule has 3 N–H and O–H groups in total. The molecule has 19 heteroatoms. The third-order valence-corrected chi connectivity index (χ3v) is 20.9. The van der Waals surface area contributed by atoms with Crippen molar-refractivity contribution in [1.82, 2.24) is 0 Å². The minimum Gasteiger partial charge on any atom is -0.462 e. The maximum Gasteiger partial charge on any atom is 0.472 e. The fraction of sp³-hybridized carbons (Fsp3) is 0.951. The number of phosphoric acid groups is 2. The lowest BCUT2D eigenvalue weighted by atomic mass is 10.0. The number of rotatable bonds is 80. The number of aliphatic hydroxyl groups excluding tert-OH is 1. The normalized spacial score (nSPS) is 13.9. The summed E-state index contributed by atoms with van der Waals surface area (Å²) >= 11 is 0. The van der Waals surface area contributed by atoms with Crippen LogP contribution in [0.25, 0.3) is 0 Å². The van der Waals surface area contributed by atoms with Crippen molar-refractivity contribution in [2.45, 2.75) is 445 Å². The molecule has 0 heterocycles. The van der Waals surface area contributed by atoms with Gasteiger partial charge in [0.05, 0.1) is 26.4 Å². The summed E-state index contributed by atoms with van der Waals surface area (Å²) in [6.07, 6.45) is 62.2. The Hall–Kier alpha value is -1.94. The first-order valence-electron chi connectivity index (χ1n) is 42.0. The summed E-state index contributed by atoms with van der Waals surface area (Å²) in [7, 11) is -9.92. The van der Waals surface area contributed by atoms with E-state index >= 15 is 0 Å². The summed E-state index contributed by atoms with van der Waals surface area (Å²) in [4.78, 5) is 73.0. The molecule has 0 aromatic rings. The van der Waals surface area contributed by atoms with Crippen LogP contribution >= 0.6 is 15.6 Å². The van der Waals surface area contributed by atoms with E-state index < -0.39 is 97.5 Å². The fourth-order valence-electron chi connectivity index (χ4n) is 12.5. The van der Waals surface area contributed by atoms with Crippen LogP contribution in [0.5, 0.6) is 0 Å². The largest absolute Gasteiger partial charge is 0.472 e. The van der Waals surface area contributed by atoms with Gasteiger partial charge in [0.1, 0.15) is 19.3 Å². The highest BCUT2D eigenvalue weighted by atomic mass is 31.2. The second-order valence-electron chi connectivity index (χ2n) is 30.1. The predicted octanol–water partition coefficient (Wildman–Crippen LogP) is 24.3. The molecule has 17 nitrogen and oxygen atoms in total. The molecule has 0 amide bonds. The van der Waals surface area contributed by atoms with Crippen LogP contribution < -0.4 is 0 Å². The van der Waals surface area contributed by atoms with Gasteiger partial charge in [-0.05, 0) is 37.5 Å². The molecule has 594 valence electrons. The zero-order valence-electron chi connectivity index (χ0n) is 65.5. The molecule has 0 aliphatic carbocycles. The molecular formula is C81H158O17P2. The molecule has 0 rings (SSSR count). The number of hydrogen-bond acceptors (Lipinski definition) is 15. The molecule has 0 aliphatic rings. The smallest absolute Gasteiger partial charge is 0.462 e. The van der Waals surface area contributed by atoms with E-state index in [9.17, 15) is 43.2 Å². The summed E-state index contributed by atoms with van der Waals surface area (Å²) in [5, 5.41) is 10.6. The van der Waals surface area contributed by atoms with Crippen LogP contribution in [0.15, 0.2) is 0 Å². The number of ether oxygens (including phenoxy) is 4. The Balaban J connectivity index is 5.25. The standard InChI is InChI=1S/C81H158O17P2/c1-7-9-11-13-15-17-19-26-35-41-47-53-59-65-80(85)97-76(69-91-78(83)63-57-51-45-39-33-20-18-16-14-12-10-8-2)71-95-99(87,88)93-67-75(82)68-94-100(89,90)96-72-77(70-92-79(84)64-58-52-46-40-34-29-25-24-28-32-38-44-50-56-62-74(5)6)98-81(86)66-60-54-48-42-36-30-23-21-22-27-31-37-43-49-55-61-73(3)4/h73-77,82H,7-72H2,1-6H3,(H,87,88)(H,89,90)/t75-,76+,77+/m0/s1. The Morgan fingerprint density at radius 2 is 0.460 bits per heavy atom. The lowest BCUT2D eigenvalue weighted by Gasteiger charge is -2.21. The van der Waals surface area contributed by atoms with Gasteiger partial charge in [-0.25, -0.2) is 9.13 Å². The summed E-state index contributed by atoms with van der Waals surface area (Å²) < 4.78 is 68.7. The zero-order valence-corrected chi connectivity index (χ0v) is 67.3. The maximum atomic E-state index is 13.1. The fourth-order valence-corrected chi connectivity index (χ4v) is 14.1. The molecular weight excluding hydrogens is 1310 g/mol. The summed E-state index contributed by atoms with van der Waals surface area (Å²) in [6.45, 7) is 9.69.